The lowest BCUT2D eigenvalue weighted by Crippen LogP contribution is -2.11. The van der Waals surface area contributed by atoms with Gasteiger partial charge in [-0.25, -0.2) is 4.39 Å². The highest BCUT2D eigenvalue weighted by Gasteiger charge is 2.21. The van der Waals surface area contributed by atoms with E-state index < -0.39 is 11.6 Å². The molecule has 3 aromatic rings. The zero-order valence-corrected chi connectivity index (χ0v) is 23.0. The Morgan fingerprint density at radius 3 is 2.11 bits per heavy atom. The minimum atomic E-state index is -0.904. The largest absolute Gasteiger partial charge is 0.490 e. The average Bonchev–Trinajstić information content (AvgIpc) is 2.95. The summed E-state index contributed by atoms with van der Waals surface area (Å²) in [7, 11) is 0. The quantitative estimate of drug-likeness (QED) is 0.172. The minimum Gasteiger partial charge on any atom is -0.490 e. The molecule has 0 bridgehead atoms. The van der Waals surface area contributed by atoms with E-state index in [4.69, 9.17) is 4.74 Å². The third-order valence-electron chi connectivity index (χ3n) is 7.84. The monoisotopic (exact) mass is 516 g/mol. The zero-order chi connectivity index (χ0) is 26.7. The van der Waals surface area contributed by atoms with E-state index in [1.54, 1.807) is 6.07 Å². The molecule has 3 heteroatoms. The van der Waals surface area contributed by atoms with Crippen molar-refractivity contribution < 1.29 is 13.5 Å². The Morgan fingerprint density at radius 2 is 1.45 bits per heavy atom. The van der Waals surface area contributed by atoms with Gasteiger partial charge < -0.3 is 4.74 Å². The molecular weight excluding hydrogens is 474 g/mol. The van der Waals surface area contributed by atoms with Crippen LogP contribution in [-0.2, 0) is 12.8 Å². The van der Waals surface area contributed by atoms with Gasteiger partial charge in [0.15, 0.2) is 11.6 Å². The Balaban J connectivity index is 1.25. The molecule has 0 saturated heterocycles. The van der Waals surface area contributed by atoms with Crippen LogP contribution in [0.3, 0.4) is 0 Å². The molecule has 0 aromatic heterocycles. The van der Waals surface area contributed by atoms with Gasteiger partial charge in [-0.15, -0.1) is 0 Å². The second-order valence-electron chi connectivity index (χ2n) is 10.7. The molecule has 0 unspecified atom stereocenters. The van der Waals surface area contributed by atoms with Gasteiger partial charge in [0.05, 0.1) is 6.61 Å². The van der Waals surface area contributed by atoms with Crippen LogP contribution in [0.4, 0.5) is 8.78 Å². The number of halogens is 2. The van der Waals surface area contributed by atoms with Crippen LogP contribution < -0.4 is 4.74 Å². The second kappa shape index (κ2) is 14.3. The summed E-state index contributed by atoms with van der Waals surface area (Å²) in [6, 6.07) is 20.3. The van der Waals surface area contributed by atoms with Crippen molar-refractivity contribution in [2.45, 2.75) is 84.0 Å². The molecule has 1 saturated carbocycles. The summed E-state index contributed by atoms with van der Waals surface area (Å²) in [6.07, 6.45) is 15.8. The van der Waals surface area contributed by atoms with Crippen LogP contribution in [0.15, 0.2) is 72.8 Å². The fraction of sp³-hybridized carbons (Fsp3) is 0.429. The van der Waals surface area contributed by atoms with Crippen molar-refractivity contribution in [3.05, 3.63) is 101 Å². The van der Waals surface area contributed by atoms with Gasteiger partial charge in [0.25, 0.3) is 0 Å². The van der Waals surface area contributed by atoms with Crippen molar-refractivity contribution in [3.8, 4) is 16.9 Å². The molecule has 1 fully saturated rings. The Labute approximate surface area is 227 Å². The summed E-state index contributed by atoms with van der Waals surface area (Å²) in [6.45, 7) is 4.65. The molecule has 0 N–H and O–H groups in total. The second-order valence-corrected chi connectivity index (χ2v) is 10.7. The fourth-order valence-corrected chi connectivity index (χ4v) is 5.47. The lowest BCUT2D eigenvalue weighted by Gasteiger charge is -2.27. The first-order chi connectivity index (χ1) is 18.6. The number of allylic oxidation sites excluding steroid dienone is 2. The molecule has 1 aliphatic rings. The maximum atomic E-state index is 14.8. The summed E-state index contributed by atoms with van der Waals surface area (Å²) in [4.78, 5) is 0. The van der Waals surface area contributed by atoms with E-state index in [9.17, 15) is 8.78 Å². The van der Waals surface area contributed by atoms with Crippen LogP contribution in [0.5, 0.6) is 5.75 Å². The molecule has 0 radical (unpaired) electrons. The lowest BCUT2D eigenvalue weighted by molar-refractivity contribution is 0.289. The Morgan fingerprint density at radius 1 is 0.763 bits per heavy atom. The minimum absolute atomic E-state index is 0.0109. The molecule has 38 heavy (non-hydrogen) atoms. The molecule has 0 aliphatic heterocycles. The normalized spacial score (nSPS) is 17.7. The van der Waals surface area contributed by atoms with Crippen molar-refractivity contribution >= 4 is 0 Å². The molecule has 1 aliphatic carbocycles. The first-order valence-corrected chi connectivity index (χ1v) is 14.5. The van der Waals surface area contributed by atoms with Gasteiger partial charge in [0.2, 0.25) is 5.82 Å². The van der Waals surface area contributed by atoms with Gasteiger partial charge in [0, 0.05) is 5.56 Å². The number of ether oxygens (including phenoxy) is 1. The van der Waals surface area contributed by atoms with Crippen LogP contribution in [0.25, 0.3) is 11.1 Å². The summed E-state index contributed by atoms with van der Waals surface area (Å²) in [5.74, 6) is -0.562. The number of aryl methyl sites for hydroxylation is 2. The highest BCUT2D eigenvalue weighted by molar-refractivity contribution is 5.65. The predicted molar refractivity (Wildman–Crippen MR) is 155 cm³/mol. The first-order valence-electron chi connectivity index (χ1n) is 14.5. The molecule has 4 rings (SSSR count). The van der Waals surface area contributed by atoms with Crippen LogP contribution in [-0.4, -0.2) is 6.61 Å². The molecule has 202 valence electrons. The number of rotatable bonds is 12. The summed E-state index contributed by atoms with van der Waals surface area (Å²) >= 11 is 0. The average molecular weight is 517 g/mol. The maximum absolute atomic E-state index is 14.8. The van der Waals surface area contributed by atoms with Gasteiger partial charge in [-0.1, -0.05) is 87.4 Å². The lowest BCUT2D eigenvalue weighted by atomic mass is 9.78. The van der Waals surface area contributed by atoms with Crippen molar-refractivity contribution in [1.82, 2.24) is 0 Å². The number of benzene rings is 3. The molecule has 0 spiro atoms. The van der Waals surface area contributed by atoms with Gasteiger partial charge in [-0.2, -0.15) is 4.39 Å². The number of hydrogen-bond acceptors (Lipinski definition) is 1. The Hall–Kier alpha value is -2.94. The SMILES string of the molecule is CCCCOc1ccc(-c2ccc(C3CCC(/C=C/CCc4ccc(CCC)cc4)CC3)cc2)c(F)c1F. The standard InChI is InChI=1S/C35H42F2O/c1-3-5-25-38-33-24-23-32(34(36)35(33)37)31-21-19-30(20-22-31)29-17-15-28(16-18-29)10-7-6-9-27-13-11-26(8-4-2)12-14-27/h7,10-14,19-24,28-29H,3-6,8-9,15-18,25H2,1-2H3/b10-7+. The van der Waals surface area contributed by atoms with E-state index in [1.165, 1.54) is 54.9 Å². The zero-order valence-electron chi connectivity index (χ0n) is 23.0. The Kier molecular flexibility index (Phi) is 10.6. The van der Waals surface area contributed by atoms with E-state index in [0.717, 1.165) is 32.1 Å². The fourth-order valence-electron chi connectivity index (χ4n) is 5.47. The number of unbranched alkanes of at least 4 members (excludes halogenated alkanes) is 1. The van der Waals surface area contributed by atoms with Gasteiger partial charge in [-0.05, 0) is 97.6 Å². The third kappa shape index (κ3) is 7.56. The predicted octanol–water partition coefficient (Wildman–Crippen LogP) is 10.2. The van der Waals surface area contributed by atoms with E-state index >= 15 is 0 Å². The first kappa shape index (κ1) is 28.1. The highest BCUT2D eigenvalue weighted by atomic mass is 19.2. The van der Waals surface area contributed by atoms with Crippen molar-refractivity contribution in [1.29, 1.82) is 0 Å². The van der Waals surface area contributed by atoms with Gasteiger partial charge in [-0.3, -0.25) is 0 Å². The third-order valence-corrected chi connectivity index (χ3v) is 7.84. The Bertz CT molecular complexity index is 1160. The molecule has 0 heterocycles. The van der Waals surface area contributed by atoms with Crippen LogP contribution in [0, 0.1) is 17.6 Å². The van der Waals surface area contributed by atoms with Gasteiger partial charge in [0.1, 0.15) is 0 Å². The van der Waals surface area contributed by atoms with E-state index in [1.807, 2.05) is 19.1 Å². The molecule has 3 aromatic carbocycles. The van der Waals surface area contributed by atoms with E-state index in [0.29, 0.717) is 24.0 Å². The van der Waals surface area contributed by atoms with Crippen molar-refractivity contribution in [3.63, 3.8) is 0 Å². The van der Waals surface area contributed by atoms with Gasteiger partial charge >= 0.3 is 0 Å². The topological polar surface area (TPSA) is 9.23 Å². The smallest absolute Gasteiger partial charge is 0.201 e. The molecule has 0 amide bonds. The van der Waals surface area contributed by atoms with Crippen molar-refractivity contribution in [2.75, 3.05) is 6.61 Å². The highest BCUT2D eigenvalue weighted by Crippen LogP contribution is 2.37. The summed E-state index contributed by atoms with van der Waals surface area (Å²) in [5, 5.41) is 0. The van der Waals surface area contributed by atoms with Crippen LogP contribution in [0.2, 0.25) is 0 Å². The molecule has 0 atom stereocenters. The van der Waals surface area contributed by atoms with E-state index in [2.05, 4.69) is 55.5 Å². The van der Waals surface area contributed by atoms with E-state index in [-0.39, 0.29) is 11.3 Å². The van der Waals surface area contributed by atoms with Crippen LogP contribution >= 0.6 is 0 Å². The summed E-state index contributed by atoms with van der Waals surface area (Å²) in [5.41, 5.74) is 5.12. The van der Waals surface area contributed by atoms with Crippen LogP contribution in [0.1, 0.15) is 87.8 Å². The molecule has 1 nitrogen and oxygen atoms in total. The maximum Gasteiger partial charge on any atom is 0.201 e. The molecular formula is C35H42F2O. The number of hydrogen-bond donors (Lipinski definition) is 0. The summed E-state index contributed by atoms with van der Waals surface area (Å²) < 4.78 is 34.7. The van der Waals surface area contributed by atoms with Crippen molar-refractivity contribution in [2.24, 2.45) is 5.92 Å².